The van der Waals surface area contributed by atoms with Gasteiger partial charge in [0.15, 0.2) is 0 Å². The number of carbonyl (C=O) groups is 1. The zero-order chi connectivity index (χ0) is 11.1. The smallest absolute Gasteiger partial charge is 0.236 e. The van der Waals surface area contributed by atoms with Crippen LogP contribution in [0.5, 0.6) is 0 Å². The lowest BCUT2D eigenvalue weighted by Gasteiger charge is -2.24. The number of aliphatic hydroxyl groups is 1. The van der Waals surface area contributed by atoms with E-state index >= 15 is 0 Å². The van der Waals surface area contributed by atoms with Crippen molar-refractivity contribution < 1.29 is 9.90 Å². The standard InChI is InChI=1S/C11H22N2O2/c1-2-12-9-11(15)13-7-3-5-10(13)6-4-8-14/h10,12,14H,2-9H2,1H3. The summed E-state index contributed by atoms with van der Waals surface area (Å²) in [4.78, 5) is 13.7. The fraction of sp³-hybridized carbons (Fsp3) is 0.909. The number of rotatable bonds is 6. The molecule has 1 fully saturated rings. The molecule has 4 heteroatoms. The largest absolute Gasteiger partial charge is 0.396 e. The quantitative estimate of drug-likeness (QED) is 0.671. The Labute approximate surface area is 91.6 Å². The first-order chi connectivity index (χ1) is 7.29. The Kier molecular flexibility index (Phi) is 5.65. The number of likely N-dealkylation sites (N-methyl/N-ethyl adjacent to an activating group) is 1. The number of carbonyl (C=O) groups excluding carboxylic acids is 1. The van der Waals surface area contributed by atoms with Gasteiger partial charge in [-0.2, -0.15) is 0 Å². The fourth-order valence-corrected chi connectivity index (χ4v) is 2.12. The molecule has 1 unspecified atom stereocenters. The van der Waals surface area contributed by atoms with Gasteiger partial charge in [-0.25, -0.2) is 0 Å². The van der Waals surface area contributed by atoms with E-state index < -0.39 is 0 Å². The molecule has 0 aromatic rings. The molecule has 0 spiro atoms. The highest BCUT2D eigenvalue weighted by atomic mass is 16.3. The highest BCUT2D eigenvalue weighted by Crippen LogP contribution is 2.20. The van der Waals surface area contributed by atoms with Crippen molar-refractivity contribution in [3.63, 3.8) is 0 Å². The molecule has 1 saturated heterocycles. The summed E-state index contributed by atoms with van der Waals surface area (Å²) < 4.78 is 0. The van der Waals surface area contributed by atoms with Crippen molar-refractivity contribution in [1.82, 2.24) is 10.2 Å². The summed E-state index contributed by atoms with van der Waals surface area (Å²) in [7, 11) is 0. The molecule has 1 aliphatic rings. The second-order valence-electron chi connectivity index (χ2n) is 4.03. The zero-order valence-corrected chi connectivity index (χ0v) is 9.54. The lowest BCUT2D eigenvalue weighted by atomic mass is 10.1. The molecule has 1 rings (SSSR count). The van der Waals surface area contributed by atoms with Crippen LogP contribution in [0.1, 0.15) is 32.6 Å². The molecule has 2 N–H and O–H groups in total. The van der Waals surface area contributed by atoms with Gasteiger partial charge in [0.1, 0.15) is 0 Å². The van der Waals surface area contributed by atoms with Crippen LogP contribution in [-0.4, -0.2) is 48.2 Å². The number of likely N-dealkylation sites (tertiary alicyclic amines) is 1. The topological polar surface area (TPSA) is 52.6 Å². The minimum Gasteiger partial charge on any atom is -0.396 e. The van der Waals surface area contributed by atoms with Crippen molar-refractivity contribution >= 4 is 5.91 Å². The highest BCUT2D eigenvalue weighted by Gasteiger charge is 2.27. The molecule has 0 aliphatic carbocycles. The number of hydrogen-bond acceptors (Lipinski definition) is 3. The Hall–Kier alpha value is -0.610. The number of hydrogen-bond donors (Lipinski definition) is 2. The van der Waals surface area contributed by atoms with Crippen molar-refractivity contribution in [2.75, 3.05) is 26.2 Å². The molecule has 4 nitrogen and oxygen atoms in total. The van der Waals surface area contributed by atoms with Gasteiger partial charge in [0.25, 0.3) is 0 Å². The van der Waals surface area contributed by atoms with Crippen molar-refractivity contribution in [3.8, 4) is 0 Å². The molecule has 0 bridgehead atoms. The molecule has 88 valence electrons. The Balaban J connectivity index is 2.34. The fourth-order valence-electron chi connectivity index (χ4n) is 2.12. The molecule has 1 atom stereocenters. The first kappa shape index (κ1) is 12.5. The van der Waals surface area contributed by atoms with Gasteiger partial charge >= 0.3 is 0 Å². The minimum atomic E-state index is 0.206. The molecular weight excluding hydrogens is 192 g/mol. The summed E-state index contributed by atoms with van der Waals surface area (Å²) >= 11 is 0. The van der Waals surface area contributed by atoms with Gasteiger partial charge in [0.2, 0.25) is 5.91 Å². The van der Waals surface area contributed by atoms with Crippen molar-refractivity contribution in [3.05, 3.63) is 0 Å². The van der Waals surface area contributed by atoms with Gasteiger partial charge < -0.3 is 15.3 Å². The molecule has 0 radical (unpaired) electrons. The molecule has 1 aliphatic heterocycles. The maximum absolute atomic E-state index is 11.8. The molecule has 1 amide bonds. The van der Waals surface area contributed by atoms with Crippen LogP contribution in [0, 0.1) is 0 Å². The third-order valence-electron chi connectivity index (χ3n) is 2.92. The third-order valence-corrected chi connectivity index (χ3v) is 2.92. The van der Waals surface area contributed by atoms with E-state index in [1.54, 1.807) is 0 Å². The van der Waals surface area contributed by atoms with E-state index in [9.17, 15) is 4.79 Å². The molecule has 1 heterocycles. The Bertz CT molecular complexity index is 197. The zero-order valence-electron chi connectivity index (χ0n) is 9.54. The number of nitrogens with zero attached hydrogens (tertiary/aromatic N) is 1. The molecule has 0 saturated carbocycles. The van der Waals surface area contributed by atoms with Crippen LogP contribution in [0.2, 0.25) is 0 Å². The monoisotopic (exact) mass is 214 g/mol. The maximum Gasteiger partial charge on any atom is 0.236 e. The van der Waals surface area contributed by atoms with E-state index in [1.165, 1.54) is 0 Å². The number of aliphatic hydroxyl groups excluding tert-OH is 1. The van der Waals surface area contributed by atoms with Crippen molar-refractivity contribution in [2.24, 2.45) is 0 Å². The summed E-state index contributed by atoms with van der Waals surface area (Å²) in [6.45, 7) is 4.40. The van der Waals surface area contributed by atoms with E-state index in [0.717, 1.165) is 38.8 Å². The average molecular weight is 214 g/mol. The second kappa shape index (κ2) is 6.80. The molecule has 0 aromatic heterocycles. The van der Waals surface area contributed by atoms with Crippen LogP contribution in [0.3, 0.4) is 0 Å². The number of nitrogens with one attached hydrogen (secondary N) is 1. The summed E-state index contributed by atoms with van der Waals surface area (Å²) in [5, 5.41) is 11.8. The normalized spacial score (nSPS) is 20.9. The van der Waals surface area contributed by atoms with Crippen LogP contribution in [0.25, 0.3) is 0 Å². The van der Waals surface area contributed by atoms with Crippen LogP contribution in [-0.2, 0) is 4.79 Å². The molecule has 0 aromatic carbocycles. The average Bonchev–Trinajstić information content (AvgIpc) is 2.71. The summed E-state index contributed by atoms with van der Waals surface area (Å²) in [6.07, 6.45) is 3.94. The van der Waals surface area contributed by atoms with Crippen LogP contribution in [0.15, 0.2) is 0 Å². The van der Waals surface area contributed by atoms with Gasteiger partial charge in [-0.1, -0.05) is 6.92 Å². The van der Waals surface area contributed by atoms with Gasteiger partial charge in [-0.05, 0) is 32.2 Å². The first-order valence-corrected chi connectivity index (χ1v) is 5.90. The SMILES string of the molecule is CCNCC(=O)N1CCCC1CCCO. The van der Waals surface area contributed by atoms with Gasteiger partial charge in [-0.3, -0.25) is 4.79 Å². The van der Waals surface area contributed by atoms with Crippen LogP contribution >= 0.6 is 0 Å². The maximum atomic E-state index is 11.8. The summed E-state index contributed by atoms with van der Waals surface area (Å²) in [5.74, 6) is 0.206. The predicted molar refractivity (Wildman–Crippen MR) is 59.6 cm³/mol. The van der Waals surface area contributed by atoms with Crippen LogP contribution < -0.4 is 5.32 Å². The first-order valence-electron chi connectivity index (χ1n) is 5.90. The minimum absolute atomic E-state index is 0.206. The van der Waals surface area contributed by atoms with Crippen molar-refractivity contribution in [1.29, 1.82) is 0 Å². The Morgan fingerprint density at radius 2 is 2.40 bits per heavy atom. The van der Waals surface area contributed by atoms with Gasteiger partial charge in [-0.15, -0.1) is 0 Å². The molecule has 15 heavy (non-hydrogen) atoms. The van der Waals surface area contributed by atoms with Crippen LogP contribution in [0.4, 0.5) is 0 Å². The van der Waals surface area contributed by atoms with E-state index in [1.807, 2.05) is 11.8 Å². The molecular formula is C11H22N2O2. The summed E-state index contributed by atoms with van der Waals surface area (Å²) in [6, 6.07) is 0.364. The summed E-state index contributed by atoms with van der Waals surface area (Å²) in [5.41, 5.74) is 0. The van der Waals surface area contributed by atoms with E-state index in [-0.39, 0.29) is 12.5 Å². The second-order valence-corrected chi connectivity index (χ2v) is 4.03. The lowest BCUT2D eigenvalue weighted by Crippen LogP contribution is -2.41. The Morgan fingerprint density at radius 1 is 1.60 bits per heavy atom. The van der Waals surface area contributed by atoms with E-state index in [0.29, 0.717) is 12.6 Å². The highest BCUT2D eigenvalue weighted by molar-refractivity contribution is 5.78. The number of amides is 1. The van der Waals surface area contributed by atoms with Crippen molar-refractivity contribution in [2.45, 2.75) is 38.6 Å². The van der Waals surface area contributed by atoms with Gasteiger partial charge in [0.05, 0.1) is 6.54 Å². The van der Waals surface area contributed by atoms with E-state index in [4.69, 9.17) is 5.11 Å². The van der Waals surface area contributed by atoms with Gasteiger partial charge in [0, 0.05) is 19.2 Å². The third kappa shape index (κ3) is 3.80. The lowest BCUT2D eigenvalue weighted by molar-refractivity contribution is -0.131. The predicted octanol–water partition coefficient (Wildman–Crippen LogP) is 0.359. The Morgan fingerprint density at radius 3 is 3.07 bits per heavy atom. The van der Waals surface area contributed by atoms with E-state index in [2.05, 4.69) is 5.32 Å².